The lowest BCUT2D eigenvalue weighted by Crippen LogP contribution is -1.78. The second kappa shape index (κ2) is 20.2. The normalized spacial score (nSPS) is 9.60. The molecule has 0 nitrogen and oxygen atoms in total. The highest BCUT2D eigenvalue weighted by Crippen LogP contribution is 2.14. The Kier molecular flexibility index (Phi) is 24.3. The molecule has 0 aromatic heterocycles. The first-order valence-electron chi connectivity index (χ1n) is 6.52. The summed E-state index contributed by atoms with van der Waals surface area (Å²) in [7, 11) is 1.67. The third-order valence-corrected chi connectivity index (χ3v) is 3.61. The van der Waals surface area contributed by atoms with Crippen LogP contribution in [0.2, 0.25) is 0 Å². The Morgan fingerprint density at radius 1 is 0.733 bits per heavy atom. The first-order chi connectivity index (χ1) is 7.33. The molecule has 0 N–H and O–H groups in total. The van der Waals surface area contributed by atoms with Crippen LogP contribution >= 0.6 is 20.2 Å². The van der Waals surface area contributed by atoms with E-state index >= 15 is 0 Å². The highest BCUT2D eigenvalue weighted by molar-refractivity contribution is 7.37. The second-order valence-corrected chi connectivity index (χ2v) is 5.49. The Hall–Kier alpha value is 0.720. The summed E-state index contributed by atoms with van der Waals surface area (Å²) in [5.74, 6) is 0.827. The molecular weight excluding hydrogens is 223 g/mol. The third kappa shape index (κ3) is 25.2. The minimum atomic E-state index is 0.827. The molecule has 1 radical (unpaired) electrons. The van der Waals surface area contributed by atoms with Gasteiger partial charge in [-0.3, -0.25) is 0 Å². The van der Waals surface area contributed by atoms with Crippen molar-refractivity contribution in [2.75, 3.05) is 18.2 Å². The monoisotopic (exact) mass is 251 g/mol. The Morgan fingerprint density at radius 2 is 1.20 bits per heavy atom. The number of alkyl halides is 1. The van der Waals surface area contributed by atoms with E-state index in [0.717, 1.165) is 5.88 Å². The van der Waals surface area contributed by atoms with E-state index in [9.17, 15) is 0 Å². The average molecular weight is 252 g/mol. The lowest BCUT2D eigenvalue weighted by atomic mass is 10.3. The molecule has 0 saturated carbocycles. The summed E-state index contributed by atoms with van der Waals surface area (Å²) < 4.78 is 0. The average Bonchev–Trinajstić information content (AvgIpc) is 2.27. The number of halogens is 1. The highest BCUT2D eigenvalue weighted by Gasteiger charge is 1.86. The summed E-state index contributed by atoms with van der Waals surface area (Å²) in [5, 5.41) is 0. The van der Waals surface area contributed by atoms with E-state index in [-0.39, 0.29) is 0 Å². The Balaban J connectivity index is 0. The van der Waals surface area contributed by atoms with E-state index in [1.165, 1.54) is 57.3 Å². The van der Waals surface area contributed by atoms with E-state index in [1.807, 2.05) is 0 Å². The van der Waals surface area contributed by atoms with Crippen molar-refractivity contribution in [2.24, 2.45) is 0 Å². The molecule has 0 spiro atoms. The Labute approximate surface area is 104 Å². The molecule has 2 heteroatoms. The summed E-state index contributed by atoms with van der Waals surface area (Å²) in [6.45, 7) is 6.69. The quantitative estimate of drug-likeness (QED) is 0.270. The Morgan fingerprint density at radius 3 is 1.47 bits per heavy atom. The van der Waals surface area contributed by atoms with Crippen LogP contribution in [0.15, 0.2) is 0 Å². The molecular formula is C13H29ClP. The number of rotatable bonds is 9. The van der Waals surface area contributed by atoms with Gasteiger partial charge in [-0.2, -0.15) is 0 Å². The summed E-state index contributed by atoms with van der Waals surface area (Å²) in [5.41, 5.74) is 0. The van der Waals surface area contributed by atoms with Crippen LogP contribution in [-0.2, 0) is 0 Å². The van der Waals surface area contributed by atoms with Crippen LogP contribution in [0.3, 0.4) is 0 Å². The molecule has 0 heterocycles. The molecule has 0 unspecified atom stereocenters. The summed E-state index contributed by atoms with van der Waals surface area (Å²) in [4.78, 5) is 0. The number of unbranched alkanes of at least 4 members (excludes halogenated alkanes) is 4. The predicted molar refractivity (Wildman–Crippen MR) is 76.7 cm³/mol. The molecule has 93 valence electrons. The molecule has 0 saturated heterocycles. The fourth-order valence-corrected chi connectivity index (χ4v) is 2.49. The van der Waals surface area contributed by atoms with Gasteiger partial charge in [-0.15, -0.1) is 11.6 Å². The van der Waals surface area contributed by atoms with Crippen molar-refractivity contribution in [3.8, 4) is 0 Å². The minimum absolute atomic E-state index is 0.827. The molecule has 0 amide bonds. The van der Waals surface area contributed by atoms with Gasteiger partial charge < -0.3 is 0 Å². The lowest BCUT2D eigenvalue weighted by molar-refractivity contribution is 0.776. The van der Waals surface area contributed by atoms with E-state index in [4.69, 9.17) is 11.6 Å². The standard InChI is InChI=1S/C8H18P.C5H11Cl/c1-3-5-7-9-8-6-4-2;1-2-3-4-5-6/h3-8H2,1-2H3;2-5H2,1H3. The van der Waals surface area contributed by atoms with Gasteiger partial charge in [-0.25, -0.2) is 0 Å². The fourth-order valence-electron chi connectivity index (χ4n) is 0.996. The van der Waals surface area contributed by atoms with Crippen molar-refractivity contribution in [3.63, 3.8) is 0 Å². The van der Waals surface area contributed by atoms with Crippen molar-refractivity contribution in [2.45, 2.75) is 65.7 Å². The van der Waals surface area contributed by atoms with Gasteiger partial charge in [-0.1, -0.05) is 55.0 Å². The van der Waals surface area contributed by atoms with Crippen molar-refractivity contribution in [1.82, 2.24) is 0 Å². The minimum Gasteiger partial charge on any atom is -0.127 e. The topological polar surface area (TPSA) is 0 Å². The predicted octanol–water partition coefficient (Wildman–Crippen LogP) is 5.95. The zero-order valence-corrected chi connectivity index (χ0v) is 12.5. The van der Waals surface area contributed by atoms with E-state index < -0.39 is 0 Å². The van der Waals surface area contributed by atoms with E-state index in [0.29, 0.717) is 0 Å². The van der Waals surface area contributed by atoms with Gasteiger partial charge in [0, 0.05) is 5.88 Å². The van der Waals surface area contributed by atoms with Crippen molar-refractivity contribution >= 4 is 20.2 Å². The summed E-state index contributed by atoms with van der Waals surface area (Å²) in [6, 6.07) is 0. The molecule has 0 aliphatic heterocycles. The molecule has 15 heavy (non-hydrogen) atoms. The summed E-state index contributed by atoms with van der Waals surface area (Å²) in [6.07, 6.45) is 12.1. The number of hydrogen-bond donors (Lipinski definition) is 0. The van der Waals surface area contributed by atoms with Crippen LogP contribution in [0.1, 0.15) is 65.7 Å². The van der Waals surface area contributed by atoms with Crippen LogP contribution < -0.4 is 0 Å². The van der Waals surface area contributed by atoms with Gasteiger partial charge in [0.15, 0.2) is 0 Å². The van der Waals surface area contributed by atoms with Gasteiger partial charge in [0.25, 0.3) is 0 Å². The number of hydrogen-bond acceptors (Lipinski definition) is 0. The maximum Gasteiger partial charge on any atom is 0.0223 e. The zero-order chi connectivity index (χ0) is 11.8. The largest absolute Gasteiger partial charge is 0.127 e. The van der Waals surface area contributed by atoms with Crippen LogP contribution in [0.4, 0.5) is 0 Å². The molecule has 0 bridgehead atoms. The van der Waals surface area contributed by atoms with Crippen molar-refractivity contribution in [1.29, 1.82) is 0 Å². The van der Waals surface area contributed by atoms with Crippen LogP contribution in [0.25, 0.3) is 0 Å². The third-order valence-electron chi connectivity index (χ3n) is 2.08. The van der Waals surface area contributed by atoms with Crippen molar-refractivity contribution < 1.29 is 0 Å². The second-order valence-electron chi connectivity index (χ2n) is 3.77. The van der Waals surface area contributed by atoms with Crippen LogP contribution in [0, 0.1) is 0 Å². The van der Waals surface area contributed by atoms with Gasteiger partial charge in [0.2, 0.25) is 0 Å². The van der Waals surface area contributed by atoms with Gasteiger partial charge in [-0.05, 0) is 31.6 Å². The first kappa shape index (κ1) is 18.1. The fraction of sp³-hybridized carbons (Fsp3) is 1.00. The molecule has 0 aromatic rings. The molecule has 0 rings (SSSR count). The molecule has 0 aliphatic rings. The molecule has 0 aliphatic carbocycles. The van der Waals surface area contributed by atoms with Gasteiger partial charge in [0.1, 0.15) is 0 Å². The maximum absolute atomic E-state index is 5.38. The van der Waals surface area contributed by atoms with E-state index in [2.05, 4.69) is 20.8 Å². The lowest BCUT2D eigenvalue weighted by Gasteiger charge is -1.95. The van der Waals surface area contributed by atoms with Gasteiger partial charge >= 0.3 is 0 Å². The first-order valence-corrected chi connectivity index (χ1v) is 8.32. The van der Waals surface area contributed by atoms with Crippen LogP contribution in [-0.4, -0.2) is 18.2 Å². The highest BCUT2D eigenvalue weighted by atomic mass is 35.5. The maximum atomic E-state index is 5.38. The van der Waals surface area contributed by atoms with Crippen LogP contribution in [0.5, 0.6) is 0 Å². The van der Waals surface area contributed by atoms with Crippen molar-refractivity contribution in [3.05, 3.63) is 0 Å². The zero-order valence-electron chi connectivity index (χ0n) is 10.9. The van der Waals surface area contributed by atoms with Gasteiger partial charge in [0.05, 0.1) is 0 Å². The molecule has 0 atom stereocenters. The van der Waals surface area contributed by atoms with E-state index in [1.54, 1.807) is 8.58 Å². The smallest absolute Gasteiger partial charge is 0.0223 e. The Bertz CT molecular complexity index is 76.6. The SMILES string of the molecule is CCCCCCl.CCCC[P]CCCC. The molecule has 0 aromatic carbocycles. The molecule has 0 fully saturated rings. The summed E-state index contributed by atoms with van der Waals surface area (Å²) >= 11 is 5.38.